The van der Waals surface area contributed by atoms with Crippen LogP contribution in [0.25, 0.3) is 0 Å². The van der Waals surface area contributed by atoms with Crippen molar-refractivity contribution in [1.82, 2.24) is 0 Å². The van der Waals surface area contributed by atoms with Crippen LogP contribution in [0.3, 0.4) is 0 Å². The van der Waals surface area contributed by atoms with Crippen molar-refractivity contribution in [1.29, 1.82) is 0 Å². The molecule has 0 aliphatic heterocycles. The maximum atomic E-state index is 12.3. The van der Waals surface area contributed by atoms with E-state index in [4.69, 9.17) is 19.3 Å². The topological polar surface area (TPSA) is 140 Å². The molecule has 0 aromatic heterocycles. The fourth-order valence-electron chi connectivity index (χ4n) is 4.55. The van der Waals surface area contributed by atoms with Crippen LogP contribution < -0.4 is 0 Å². The average Bonchev–Trinajstić information content (AvgIpc) is 3.04. The lowest BCUT2D eigenvalue weighted by Gasteiger charge is -2.18. The highest BCUT2D eigenvalue weighted by Crippen LogP contribution is 2.35. The molecule has 0 fully saturated rings. The first-order valence-corrected chi connectivity index (χ1v) is 19.7. The van der Waals surface area contributed by atoms with E-state index in [2.05, 4.69) is 61.8 Å². The Morgan fingerprint density at radius 2 is 1.29 bits per heavy atom. The molecule has 0 bridgehead atoms. The quantitative estimate of drug-likeness (QED) is 0.0211. The van der Waals surface area contributed by atoms with Crippen molar-refractivity contribution in [2.45, 2.75) is 142 Å². The molecular formula is C39H65O9P. The van der Waals surface area contributed by atoms with Crippen molar-refractivity contribution in [3.05, 3.63) is 72.9 Å². The molecule has 1 unspecified atom stereocenters. The van der Waals surface area contributed by atoms with Crippen LogP contribution in [0.1, 0.15) is 130 Å². The Labute approximate surface area is 296 Å². The van der Waals surface area contributed by atoms with Crippen LogP contribution in [0.15, 0.2) is 72.9 Å². The molecule has 0 spiro atoms. The maximum absolute atomic E-state index is 12.3. The number of phosphoric acid groups is 1. The van der Waals surface area contributed by atoms with Gasteiger partial charge in [0.1, 0.15) is 6.61 Å². The average molecular weight is 709 g/mol. The molecule has 0 rings (SSSR count). The molecule has 49 heavy (non-hydrogen) atoms. The molecule has 0 aromatic rings. The molecule has 0 aliphatic carbocycles. The minimum Gasteiger partial charge on any atom is -0.462 e. The summed E-state index contributed by atoms with van der Waals surface area (Å²) in [4.78, 5) is 42.6. The summed E-state index contributed by atoms with van der Waals surface area (Å²) in [6, 6.07) is 0. The highest BCUT2D eigenvalue weighted by molar-refractivity contribution is 7.46. The number of carbonyl (C=O) groups is 2. The SMILES string of the molecule is CC/C=C\C/C=C\C/C=C\C/C=C\C=C/C(O)C/C=C\CCC(=O)O[C@H](COC(=O)CCCCCCCCCCC(C)C)COP(=O)(O)O. The number of esters is 2. The standard InChI is InChI=1S/C39H65O9P/c1-4-5-6-7-8-9-10-11-12-13-17-20-24-29-36(40)30-25-22-27-32-39(42)48-37(34-47-49(43,44)45)33-46-38(41)31-26-21-18-15-14-16-19-23-28-35(2)3/h5-6,8-9,11-12,17,20,22,24-25,29,35-37,40H,4,7,10,13-16,18-19,21,23,26-28,30-34H2,1-3H3,(H2,43,44,45)/b6-5-,9-8-,12-11-,20-17-,25-22-,29-24-/t36?,37-/m1/s1. The molecule has 280 valence electrons. The third kappa shape index (κ3) is 36.6. The van der Waals surface area contributed by atoms with E-state index >= 15 is 0 Å². The van der Waals surface area contributed by atoms with E-state index in [1.165, 1.54) is 32.1 Å². The van der Waals surface area contributed by atoms with E-state index in [9.17, 15) is 19.3 Å². The van der Waals surface area contributed by atoms with Crippen molar-refractivity contribution < 1.29 is 43.0 Å². The van der Waals surface area contributed by atoms with Gasteiger partial charge in [-0.05, 0) is 50.9 Å². The molecule has 9 nitrogen and oxygen atoms in total. The summed E-state index contributed by atoms with van der Waals surface area (Å²) in [7, 11) is -4.80. The number of rotatable bonds is 31. The van der Waals surface area contributed by atoms with Gasteiger partial charge in [0.25, 0.3) is 0 Å². The van der Waals surface area contributed by atoms with Crippen LogP contribution in [-0.2, 0) is 28.2 Å². The molecule has 0 aliphatic rings. The number of ether oxygens (including phenoxy) is 2. The van der Waals surface area contributed by atoms with Gasteiger partial charge in [0, 0.05) is 12.8 Å². The van der Waals surface area contributed by atoms with Crippen molar-refractivity contribution in [3.8, 4) is 0 Å². The lowest BCUT2D eigenvalue weighted by molar-refractivity contribution is -0.161. The van der Waals surface area contributed by atoms with Gasteiger partial charge in [-0.15, -0.1) is 0 Å². The zero-order valence-electron chi connectivity index (χ0n) is 30.3. The van der Waals surface area contributed by atoms with Crippen molar-refractivity contribution >= 4 is 19.8 Å². The van der Waals surface area contributed by atoms with Gasteiger partial charge in [-0.2, -0.15) is 0 Å². The monoisotopic (exact) mass is 708 g/mol. The molecule has 0 amide bonds. The van der Waals surface area contributed by atoms with Gasteiger partial charge in [0.2, 0.25) is 0 Å². The fourth-order valence-corrected chi connectivity index (χ4v) is 4.91. The van der Waals surface area contributed by atoms with E-state index in [0.717, 1.165) is 50.9 Å². The zero-order valence-corrected chi connectivity index (χ0v) is 31.2. The Balaban J connectivity index is 4.26. The molecular weight excluding hydrogens is 643 g/mol. The van der Waals surface area contributed by atoms with Gasteiger partial charge in [0.15, 0.2) is 6.10 Å². The minimum absolute atomic E-state index is 0.00245. The van der Waals surface area contributed by atoms with Crippen LogP contribution in [0.2, 0.25) is 0 Å². The predicted octanol–water partition coefficient (Wildman–Crippen LogP) is 9.56. The van der Waals surface area contributed by atoms with E-state index < -0.39 is 38.6 Å². The largest absolute Gasteiger partial charge is 0.469 e. The van der Waals surface area contributed by atoms with E-state index in [1.807, 2.05) is 12.2 Å². The van der Waals surface area contributed by atoms with Crippen LogP contribution >= 0.6 is 7.82 Å². The van der Waals surface area contributed by atoms with Gasteiger partial charge in [-0.3, -0.25) is 14.1 Å². The second kappa shape index (κ2) is 32.6. The number of hydrogen-bond acceptors (Lipinski definition) is 7. The fraction of sp³-hybridized carbons (Fsp3) is 0.641. The number of aliphatic hydroxyl groups excluding tert-OH is 1. The number of allylic oxidation sites excluding steroid dienone is 10. The highest BCUT2D eigenvalue weighted by atomic mass is 31.2. The number of unbranched alkanes of at least 4 members (excludes halogenated alkanes) is 7. The summed E-state index contributed by atoms with van der Waals surface area (Å²) >= 11 is 0. The summed E-state index contributed by atoms with van der Waals surface area (Å²) in [5.74, 6) is -0.316. The number of aliphatic hydroxyl groups is 1. The van der Waals surface area contributed by atoms with Crippen LogP contribution in [0.4, 0.5) is 0 Å². The zero-order chi connectivity index (χ0) is 36.4. The third-order valence-corrected chi connectivity index (χ3v) is 7.75. The lowest BCUT2D eigenvalue weighted by Crippen LogP contribution is -2.29. The Kier molecular flexibility index (Phi) is 30.9. The van der Waals surface area contributed by atoms with Gasteiger partial charge in [0.05, 0.1) is 12.7 Å². The first kappa shape index (κ1) is 46.5. The molecule has 0 aromatic carbocycles. The second-order valence-electron chi connectivity index (χ2n) is 12.5. The maximum Gasteiger partial charge on any atom is 0.469 e. The van der Waals surface area contributed by atoms with Gasteiger partial charge in [-0.1, -0.05) is 145 Å². The van der Waals surface area contributed by atoms with E-state index in [1.54, 1.807) is 24.3 Å². The molecule has 0 heterocycles. The Hall–Kier alpha value is -2.55. The van der Waals surface area contributed by atoms with E-state index in [-0.39, 0.29) is 19.4 Å². The van der Waals surface area contributed by atoms with Crippen molar-refractivity contribution in [2.75, 3.05) is 13.2 Å². The smallest absolute Gasteiger partial charge is 0.462 e. The van der Waals surface area contributed by atoms with Crippen LogP contribution in [-0.4, -0.2) is 52.3 Å². The molecule has 0 saturated carbocycles. The molecule has 3 N–H and O–H groups in total. The molecule has 0 saturated heterocycles. The third-order valence-electron chi connectivity index (χ3n) is 7.26. The Morgan fingerprint density at radius 1 is 0.694 bits per heavy atom. The van der Waals surface area contributed by atoms with Gasteiger partial charge in [-0.25, -0.2) is 4.57 Å². The summed E-state index contributed by atoms with van der Waals surface area (Å²) in [6.45, 7) is 5.66. The predicted molar refractivity (Wildman–Crippen MR) is 199 cm³/mol. The van der Waals surface area contributed by atoms with Gasteiger partial charge < -0.3 is 24.4 Å². The first-order valence-electron chi connectivity index (χ1n) is 18.2. The van der Waals surface area contributed by atoms with Crippen molar-refractivity contribution in [3.63, 3.8) is 0 Å². The summed E-state index contributed by atoms with van der Waals surface area (Å²) in [5, 5.41) is 10.1. The molecule has 0 radical (unpaired) electrons. The van der Waals surface area contributed by atoms with Crippen LogP contribution in [0.5, 0.6) is 0 Å². The van der Waals surface area contributed by atoms with Crippen LogP contribution in [0, 0.1) is 5.92 Å². The summed E-state index contributed by atoms with van der Waals surface area (Å²) in [6.07, 6.45) is 36.8. The summed E-state index contributed by atoms with van der Waals surface area (Å²) < 4.78 is 26.1. The normalized spacial score (nSPS) is 14.1. The lowest BCUT2D eigenvalue weighted by atomic mass is 10.0. The Morgan fingerprint density at radius 3 is 1.90 bits per heavy atom. The van der Waals surface area contributed by atoms with E-state index in [0.29, 0.717) is 19.3 Å². The summed E-state index contributed by atoms with van der Waals surface area (Å²) in [5.41, 5.74) is 0. The van der Waals surface area contributed by atoms with Crippen molar-refractivity contribution in [2.24, 2.45) is 5.92 Å². The second-order valence-corrected chi connectivity index (χ2v) is 13.7. The van der Waals surface area contributed by atoms with Gasteiger partial charge >= 0.3 is 19.8 Å². The Bertz CT molecular complexity index is 1050. The number of carbonyl (C=O) groups excluding carboxylic acids is 2. The first-order chi connectivity index (χ1) is 23.5. The molecule has 2 atom stereocenters. The number of hydrogen-bond donors (Lipinski definition) is 3. The highest BCUT2D eigenvalue weighted by Gasteiger charge is 2.22. The molecule has 10 heteroatoms. The number of phosphoric ester groups is 1. The minimum atomic E-state index is -4.80.